The lowest BCUT2D eigenvalue weighted by molar-refractivity contribution is -0.138. The summed E-state index contributed by atoms with van der Waals surface area (Å²) >= 11 is 0. The predicted octanol–water partition coefficient (Wildman–Crippen LogP) is 0.323. The van der Waals surface area contributed by atoms with E-state index >= 15 is 0 Å². The van der Waals surface area contributed by atoms with Gasteiger partial charge >= 0.3 is 0 Å². The van der Waals surface area contributed by atoms with Gasteiger partial charge in [0.05, 0.1) is 6.54 Å². The van der Waals surface area contributed by atoms with Gasteiger partial charge in [0.25, 0.3) is 0 Å². The van der Waals surface area contributed by atoms with Crippen LogP contribution in [-0.4, -0.2) is 35.5 Å². The van der Waals surface area contributed by atoms with Gasteiger partial charge in [0, 0.05) is 13.0 Å². The molecule has 0 N–H and O–H groups in total. The Morgan fingerprint density at radius 1 is 1.50 bits per heavy atom. The summed E-state index contributed by atoms with van der Waals surface area (Å²) in [5, 5.41) is 0. The molecule has 0 aromatic rings. The summed E-state index contributed by atoms with van der Waals surface area (Å²) in [4.78, 5) is 35.0. The van der Waals surface area contributed by atoms with E-state index < -0.39 is 11.6 Å². The molecule has 1 amide bonds. The van der Waals surface area contributed by atoms with Crippen molar-refractivity contribution in [3.05, 3.63) is 12.2 Å². The first-order chi connectivity index (χ1) is 6.52. The van der Waals surface area contributed by atoms with E-state index in [-0.39, 0.29) is 18.0 Å². The Balaban J connectivity index is 2.52. The highest BCUT2D eigenvalue weighted by Crippen LogP contribution is 2.09. The zero-order valence-electron chi connectivity index (χ0n) is 8.21. The lowest BCUT2D eigenvalue weighted by Crippen LogP contribution is -2.34. The van der Waals surface area contributed by atoms with E-state index in [1.165, 1.54) is 11.8 Å². The lowest BCUT2D eigenvalue weighted by Gasteiger charge is -2.13. The molecule has 0 aliphatic carbocycles. The number of allylic oxidation sites excluding steroid dienone is 1. The maximum absolute atomic E-state index is 11.3. The third kappa shape index (κ3) is 2.28. The van der Waals surface area contributed by atoms with Crippen molar-refractivity contribution >= 4 is 17.5 Å². The zero-order chi connectivity index (χ0) is 10.7. The topological polar surface area (TPSA) is 54.5 Å². The molecule has 4 heteroatoms. The maximum Gasteiger partial charge on any atom is 0.225 e. The quantitative estimate of drug-likeness (QED) is 0.479. The van der Waals surface area contributed by atoms with Crippen LogP contribution in [0.4, 0.5) is 0 Å². The number of hydrogen-bond acceptors (Lipinski definition) is 3. The van der Waals surface area contributed by atoms with Crippen LogP contribution in [0.5, 0.6) is 0 Å². The van der Waals surface area contributed by atoms with Crippen molar-refractivity contribution < 1.29 is 14.4 Å². The first-order valence-corrected chi connectivity index (χ1v) is 4.53. The first kappa shape index (κ1) is 10.6. The number of carbonyl (C=O) groups excluding carboxylic acids is 3. The number of Topliss-reactive ketones (excluding diaryl/α,β-unsaturated/α-hetero) is 2. The predicted molar refractivity (Wildman–Crippen MR) is 50.6 cm³/mol. The zero-order valence-corrected chi connectivity index (χ0v) is 8.21. The minimum Gasteiger partial charge on any atom is -0.335 e. The second-order valence-corrected chi connectivity index (χ2v) is 3.45. The van der Waals surface area contributed by atoms with Gasteiger partial charge in [-0.2, -0.15) is 0 Å². The molecule has 1 heterocycles. The van der Waals surface area contributed by atoms with Crippen molar-refractivity contribution in [2.24, 2.45) is 0 Å². The molecule has 0 radical (unpaired) electrons. The van der Waals surface area contributed by atoms with E-state index in [1.54, 1.807) is 0 Å². The average Bonchev–Trinajstić information content (AvgIpc) is 2.50. The van der Waals surface area contributed by atoms with Crippen molar-refractivity contribution in [2.45, 2.75) is 19.8 Å². The van der Waals surface area contributed by atoms with Crippen molar-refractivity contribution in [1.29, 1.82) is 0 Å². The molecule has 0 atom stereocenters. The largest absolute Gasteiger partial charge is 0.335 e. The van der Waals surface area contributed by atoms with Crippen LogP contribution in [0.15, 0.2) is 12.2 Å². The highest BCUT2D eigenvalue weighted by Gasteiger charge is 2.25. The summed E-state index contributed by atoms with van der Waals surface area (Å²) in [5.41, 5.74) is 0.224. The normalized spacial score (nSPS) is 15.8. The standard InChI is InChI=1S/C10H13NO3/c1-7(2)10(14)8(12)6-11-5-3-4-9(11)13/h1,3-6H2,2H3. The highest BCUT2D eigenvalue weighted by molar-refractivity contribution is 6.44. The summed E-state index contributed by atoms with van der Waals surface area (Å²) < 4.78 is 0. The monoisotopic (exact) mass is 195 g/mol. The minimum absolute atomic E-state index is 0.0483. The Bertz CT molecular complexity index is 306. The van der Waals surface area contributed by atoms with Crippen LogP contribution in [-0.2, 0) is 14.4 Å². The van der Waals surface area contributed by atoms with Crippen molar-refractivity contribution in [3.8, 4) is 0 Å². The van der Waals surface area contributed by atoms with Gasteiger partial charge in [-0.3, -0.25) is 14.4 Å². The van der Waals surface area contributed by atoms with E-state index in [2.05, 4.69) is 6.58 Å². The van der Waals surface area contributed by atoms with Crippen LogP contribution in [0.3, 0.4) is 0 Å². The fourth-order valence-electron chi connectivity index (χ4n) is 1.35. The number of likely N-dealkylation sites (tertiary alicyclic amines) is 1. The molecule has 0 aromatic carbocycles. The summed E-state index contributed by atoms with van der Waals surface area (Å²) in [6.45, 7) is 5.37. The molecule has 4 nitrogen and oxygen atoms in total. The number of amides is 1. The number of nitrogens with zero attached hydrogens (tertiary/aromatic N) is 1. The van der Waals surface area contributed by atoms with E-state index in [0.717, 1.165) is 6.42 Å². The van der Waals surface area contributed by atoms with Gasteiger partial charge in [0.1, 0.15) is 0 Å². The molecular formula is C10H13NO3. The minimum atomic E-state index is -0.579. The molecule has 1 rings (SSSR count). The number of hydrogen-bond donors (Lipinski definition) is 0. The first-order valence-electron chi connectivity index (χ1n) is 4.53. The molecule has 1 aliphatic heterocycles. The van der Waals surface area contributed by atoms with Crippen LogP contribution in [0.1, 0.15) is 19.8 Å². The second-order valence-electron chi connectivity index (χ2n) is 3.45. The fourth-order valence-corrected chi connectivity index (χ4v) is 1.35. The van der Waals surface area contributed by atoms with E-state index in [0.29, 0.717) is 13.0 Å². The van der Waals surface area contributed by atoms with Gasteiger partial charge in [-0.15, -0.1) is 0 Å². The second kappa shape index (κ2) is 4.17. The molecule has 1 fully saturated rings. The van der Waals surface area contributed by atoms with Crippen molar-refractivity contribution in [1.82, 2.24) is 4.90 Å². The molecule has 1 aliphatic rings. The van der Waals surface area contributed by atoms with E-state index in [1.807, 2.05) is 0 Å². The van der Waals surface area contributed by atoms with Crippen LogP contribution < -0.4 is 0 Å². The van der Waals surface area contributed by atoms with Crippen molar-refractivity contribution in [3.63, 3.8) is 0 Å². The average molecular weight is 195 g/mol. The van der Waals surface area contributed by atoms with Gasteiger partial charge in [-0.1, -0.05) is 6.58 Å². The molecule has 0 saturated carbocycles. The van der Waals surface area contributed by atoms with Gasteiger partial charge < -0.3 is 4.90 Å². The van der Waals surface area contributed by atoms with Gasteiger partial charge in [-0.25, -0.2) is 0 Å². The molecule has 0 bridgehead atoms. The maximum atomic E-state index is 11.3. The van der Waals surface area contributed by atoms with Crippen molar-refractivity contribution in [2.75, 3.05) is 13.1 Å². The van der Waals surface area contributed by atoms with Crippen LogP contribution in [0.2, 0.25) is 0 Å². The summed E-state index contributed by atoms with van der Waals surface area (Å²) in [5.74, 6) is -1.18. The molecular weight excluding hydrogens is 182 g/mol. The van der Waals surface area contributed by atoms with E-state index in [4.69, 9.17) is 0 Å². The van der Waals surface area contributed by atoms with Crippen LogP contribution in [0, 0.1) is 0 Å². The number of ketones is 2. The third-order valence-corrected chi connectivity index (χ3v) is 2.15. The van der Waals surface area contributed by atoms with Gasteiger partial charge in [0.2, 0.25) is 17.5 Å². The molecule has 0 unspecified atom stereocenters. The number of carbonyl (C=O) groups is 3. The molecule has 1 saturated heterocycles. The fraction of sp³-hybridized carbons (Fsp3) is 0.500. The summed E-state index contributed by atoms with van der Waals surface area (Å²) in [6.07, 6.45) is 1.25. The van der Waals surface area contributed by atoms with Crippen LogP contribution in [0.25, 0.3) is 0 Å². The molecule has 0 spiro atoms. The molecule has 0 aromatic heterocycles. The SMILES string of the molecule is C=C(C)C(=O)C(=O)CN1CCCC1=O. The molecule has 76 valence electrons. The van der Waals surface area contributed by atoms with Gasteiger partial charge in [0.15, 0.2) is 0 Å². The summed E-state index contributed by atoms with van der Waals surface area (Å²) in [6, 6.07) is 0. The summed E-state index contributed by atoms with van der Waals surface area (Å²) in [7, 11) is 0. The van der Waals surface area contributed by atoms with Gasteiger partial charge in [-0.05, 0) is 18.9 Å². The number of rotatable bonds is 4. The molecule has 14 heavy (non-hydrogen) atoms. The highest BCUT2D eigenvalue weighted by atomic mass is 16.2. The Kier molecular flexibility index (Phi) is 3.17. The van der Waals surface area contributed by atoms with Crippen LogP contribution >= 0.6 is 0 Å². The Morgan fingerprint density at radius 2 is 2.14 bits per heavy atom. The third-order valence-electron chi connectivity index (χ3n) is 2.15. The Labute approximate surface area is 82.6 Å². The Morgan fingerprint density at radius 3 is 2.57 bits per heavy atom. The smallest absolute Gasteiger partial charge is 0.225 e. The lowest BCUT2D eigenvalue weighted by atomic mass is 10.1. The van der Waals surface area contributed by atoms with E-state index in [9.17, 15) is 14.4 Å². The Hall–Kier alpha value is -1.45.